The van der Waals surface area contributed by atoms with Gasteiger partial charge in [-0.05, 0) is 52.4 Å². The van der Waals surface area contributed by atoms with Gasteiger partial charge in [0.2, 0.25) is 0 Å². The highest BCUT2D eigenvalue weighted by Gasteiger charge is 2.10. The minimum Gasteiger partial charge on any atom is -0.466 e. The first kappa shape index (κ1) is 22.2. The van der Waals surface area contributed by atoms with Crippen LogP contribution in [0.1, 0.15) is 59.3 Å². The first-order valence-corrected chi connectivity index (χ1v) is 8.51. The molecule has 2 aliphatic carbocycles. The van der Waals surface area contributed by atoms with Crippen molar-refractivity contribution in [3.8, 4) is 0 Å². The van der Waals surface area contributed by atoms with E-state index in [1.54, 1.807) is 13.8 Å². The van der Waals surface area contributed by atoms with Crippen LogP contribution < -0.4 is 0 Å². The van der Waals surface area contributed by atoms with Crippen molar-refractivity contribution in [1.29, 1.82) is 0 Å². The van der Waals surface area contributed by atoms with Gasteiger partial charge in [0.05, 0.1) is 12.7 Å². The number of ketones is 2. The zero-order valence-corrected chi connectivity index (χ0v) is 15.0. The molecule has 5 heteroatoms. The highest BCUT2D eigenvalue weighted by atomic mass is 16.5. The summed E-state index contributed by atoms with van der Waals surface area (Å²) in [6, 6.07) is 0. The molecule has 2 aliphatic rings. The molecule has 0 heterocycles. The topological polar surface area (TPSA) is 80.7 Å². The Morgan fingerprint density at radius 1 is 1.04 bits per heavy atom. The number of aliphatic hydroxyl groups is 1. The highest BCUT2D eigenvalue weighted by Crippen LogP contribution is 2.19. The molecule has 0 amide bonds. The standard InChI is InChI=1S/C8H12O.C6H10O3.C5H8O/c1-7(9)6-8-4-2-3-5-8;1-3-9-6(8)4-5(2)7;6-5-3-1-2-4-5/h2,4,8H,3,5-6H2,1H3;3-4H2,1-2H3;1,3,5-6H,2,4H2. The molecular formula is C19H30O5. The molecule has 1 N–H and O–H groups in total. The lowest BCUT2D eigenvalue weighted by Gasteiger charge is -2.01. The third kappa shape index (κ3) is 13.9. The summed E-state index contributed by atoms with van der Waals surface area (Å²) in [7, 11) is 0. The minimum absolute atomic E-state index is 0.103. The SMILES string of the molecule is CC(=O)CC1C=CCC1.CCOC(=O)CC(C)=O.OC1C=CCC1. The summed E-state index contributed by atoms with van der Waals surface area (Å²) in [6.07, 6.45) is 13.0. The summed E-state index contributed by atoms with van der Waals surface area (Å²) in [6.45, 7) is 5.06. The Balaban J connectivity index is 0.000000337. The van der Waals surface area contributed by atoms with Gasteiger partial charge >= 0.3 is 5.97 Å². The van der Waals surface area contributed by atoms with Gasteiger partial charge in [0.15, 0.2) is 0 Å². The van der Waals surface area contributed by atoms with Crippen LogP contribution in [0.25, 0.3) is 0 Å². The van der Waals surface area contributed by atoms with Gasteiger partial charge in [-0.1, -0.05) is 24.3 Å². The zero-order chi connectivity index (χ0) is 18.4. The van der Waals surface area contributed by atoms with Crippen LogP contribution in [0.3, 0.4) is 0 Å². The van der Waals surface area contributed by atoms with Crippen molar-refractivity contribution in [1.82, 2.24) is 0 Å². The van der Waals surface area contributed by atoms with E-state index in [2.05, 4.69) is 16.9 Å². The number of allylic oxidation sites excluding steroid dienone is 3. The summed E-state index contributed by atoms with van der Waals surface area (Å²) in [5.74, 6) is 0.271. The van der Waals surface area contributed by atoms with Gasteiger partial charge in [-0.3, -0.25) is 9.59 Å². The van der Waals surface area contributed by atoms with E-state index in [0.29, 0.717) is 18.3 Å². The maximum atomic E-state index is 10.6. The third-order valence-electron chi connectivity index (χ3n) is 3.35. The van der Waals surface area contributed by atoms with Crippen molar-refractivity contribution in [2.45, 2.75) is 65.4 Å². The van der Waals surface area contributed by atoms with Crippen LogP contribution >= 0.6 is 0 Å². The van der Waals surface area contributed by atoms with E-state index in [4.69, 9.17) is 5.11 Å². The number of hydrogen-bond donors (Lipinski definition) is 1. The molecule has 0 aromatic carbocycles. The number of hydrogen-bond acceptors (Lipinski definition) is 5. The van der Waals surface area contributed by atoms with Gasteiger partial charge in [-0.15, -0.1) is 0 Å². The monoisotopic (exact) mass is 338 g/mol. The van der Waals surface area contributed by atoms with E-state index < -0.39 is 5.97 Å². The van der Waals surface area contributed by atoms with Crippen molar-refractivity contribution in [3.05, 3.63) is 24.3 Å². The minimum atomic E-state index is -0.440. The number of rotatable bonds is 5. The summed E-state index contributed by atoms with van der Waals surface area (Å²) in [5.41, 5.74) is 0. The number of aliphatic hydroxyl groups excluding tert-OH is 1. The van der Waals surface area contributed by atoms with E-state index >= 15 is 0 Å². The molecule has 136 valence electrons. The number of esters is 1. The molecule has 2 unspecified atom stereocenters. The Bertz CT molecular complexity index is 451. The highest BCUT2D eigenvalue weighted by molar-refractivity contribution is 5.94. The maximum absolute atomic E-state index is 10.6. The van der Waals surface area contributed by atoms with Crippen LogP contribution in [0.4, 0.5) is 0 Å². The number of carbonyl (C=O) groups is 3. The van der Waals surface area contributed by atoms with E-state index in [9.17, 15) is 14.4 Å². The van der Waals surface area contributed by atoms with Gasteiger partial charge in [0.1, 0.15) is 18.0 Å². The molecule has 2 rings (SSSR count). The fraction of sp³-hybridized carbons (Fsp3) is 0.632. The van der Waals surface area contributed by atoms with Crippen molar-refractivity contribution < 1.29 is 24.2 Å². The normalized spacial score (nSPS) is 20.5. The van der Waals surface area contributed by atoms with Gasteiger partial charge in [0.25, 0.3) is 0 Å². The Kier molecular flexibility index (Phi) is 12.7. The lowest BCUT2D eigenvalue weighted by atomic mass is 10.0. The van der Waals surface area contributed by atoms with Crippen LogP contribution in [0.5, 0.6) is 0 Å². The molecule has 0 aromatic heterocycles. The van der Waals surface area contributed by atoms with Crippen LogP contribution in [0.2, 0.25) is 0 Å². The largest absolute Gasteiger partial charge is 0.466 e. The van der Waals surface area contributed by atoms with Crippen molar-refractivity contribution in [3.63, 3.8) is 0 Å². The second-order valence-electron chi connectivity index (χ2n) is 5.93. The molecule has 5 nitrogen and oxygen atoms in total. The fourth-order valence-electron chi connectivity index (χ4n) is 2.27. The van der Waals surface area contributed by atoms with E-state index in [1.165, 1.54) is 13.3 Å². The molecule has 24 heavy (non-hydrogen) atoms. The Hall–Kier alpha value is -1.75. The number of carbonyl (C=O) groups excluding carboxylic acids is 3. The molecule has 0 saturated heterocycles. The summed E-state index contributed by atoms with van der Waals surface area (Å²) in [5, 5.41) is 8.64. The molecule has 0 saturated carbocycles. The quantitative estimate of drug-likeness (QED) is 0.473. The van der Waals surface area contributed by atoms with Gasteiger partial charge in [0, 0.05) is 6.42 Å². The first-order chi connectivity index (χ1) is 11.3. The second kappa shape index (κ2) is 13.7. The van der Waals surface area contributed by atoms with Crippen LogP contribution in [0, 0.1) is 5.92 Å². The summed E-state index contributed by atoms with van der Waals surface area (Å²) < 4.78 is 4.49. The average molecular weight is 338 g/mol. The zero-order valence-electron chi connectivity index (χ0n) is 15.0. The van der Waals surface area contributed by atoms with E-state index in [-0.39, 0.29) is 18.3 Å². The molecule has 0 radical (unpaired) electrons. The second-order valence-corrected chi connectivity index (χ2v) is 5.93. The molecule has 0 spiro atoms. The molecule has 0 bridgehead atoms. The molecule has 0 aliphatic heterocycles. The fourth-order valence-corrected chi connectivity index (χ4v) is 2.27. The van der Waals surface area contributed by atoms with Crippen molar-refractivity contribution in [2.24, 2.45) is 5.92 Å². The lowest BCUT2D eigenvalue weighted by Crippen LogP contribution is -2.07. The van der Waals surface area contributed by atoms with Crippen LogP contribution in [-0.4, -0.2) is 35.4 Å². The van der Waals surface area contributed by atoms with Crippen molar-refractivity contribution in [2.75, 3.05) is 6.61 Å². The molecule has 0 aromatic rings. The van der Waals surface area contributed by atoms with Crippen LogP contribution in [0.15, 0.2) is 24.3 Å². The molecule has 2 atom stereocenters. The predicted molar refractivity (Wildman–Crippen MR) is 93.5 cm³/mol. The Labute approximate surface area is 144 Å². The Morgan fingerprint density at radius 2 is 1.67 bits per heavy atom. The van der Waals surface area contributed by atoms with E-state index in [1.807, 2.05) is 12.2 Å². The number of ether oxygens (including phenoxy) is 1. The first-order valence-electron chi connectivity index (χ1n) is 8.51. The van der Waals surface area contributed by atoms with Gasteiger partial charge in [-0.25, -0.2) is 0 Å². The maximum Gasteiger partial charge on any atom is 0.313 e. The molecule has 0 fully saturated rings. The van der Waals surface area contributed by atoms with Crippen LogP contribution in [-0.2, 0) is 19.1 Å². The van der Waals surface area contributed by atoms with Crippen molar-refractivity contribution >= 4 is 17.5 Å². The average Bonchev–Trinajstić information content (AvgIpc) is 3.12. The summed E-state index contributed by atoms with van der Waals surface area (Å²) >= 11 is 0. The smallest absolute Gasteiger partial charge is 0.313 e. The van der Waals surface area contributed by atoms with E-state index in [0.717, 1.165) is 25.7 Å². The third-order valence-corrected chi connectivity index (χ3v) is 3.35. The van der Waals surface area contributed by atoms with Gasteiger partial charge < -0.3 is 14.6 Å². The lowest BCUT2D eigenvalue weighted by molar-refractivity contribution is -0.145. The predicted octanol–water partition coefficient (Wildman–Crippen LogP) is 3.16. The Morgan fingerprint density at radius 3 is 2.00 bits per heavy atom. The molecular weight excluding hydrogens is 308 g/mol. The van der Waals surface area contributed by atoms with Gasteiger partial charge in [-0.2, -0.15) is 0 Å². The summed E-state index contributed by atoms with van der Waals surface area (Å²) in [4.78, 5) is 31.2. The number of Topliss-reactive ketones (excluding diaryl/α,β-unsaturated/α-hetero) is 2.